The lowest BCUT2D eigenvalue weighted by molar-refractivity contribution is -0.105. The van der Waals surface area contributed by atoms with Crippen LogP contribution in [0.2, 0.25) is 0 Å². The third-order valence-corrected chi connectivity index (χ3v) is 7.16. The van der Waals surface area contributed by atoms with Crippen molar-refractivity contribution < 1.29 is 27.4 Å². The molecule has 4 rings (SSSR count). The van der Waals surface area contributed by atoms with Crippen molar-refractivity contribution in [2.45, 2.75) is 18.9 Å². The van der Waals surface area contributed by atoms with Crippen molar-refractivity contribution in [3.63, 3.8) is 0 Å². The van der Waals surface area contributed by atoms with Crippen molar-refractivity contribution in [2.75, 3.05) is 70.2 Å². The summed E-state index contributed by atoms with van der Waals surface area (Å²) < 4.78 is 40.9. The first-order chi connectivity index (χ1) is 14.9. The molecule has 1 amide bonds. The van der Waals surface area contributed by atoms with Gasteiger partial charge in [-0.3, -0.25) is 0 Å². The molecule has 0 spiro atoms. The fourth-order valence-electron chi connectivity index (χ4n) is 3.78. The summed E-state index contributed by atoms with van der Waals surface area (Å²) in [6, 6.07) is 0. The SMILES string of the molecule is CS(=O)(=O)N1CCN(c2cnc(OCC3CCN(C(=O)OC4COC4)CC3)cn2)CC1. The predicted molar refractivity (Wildman–Crippen MR) is 112 cm³/mol. The summed E-state index contributed by atoms with van der Waals surface area (Å²) in [5.41, 5.74) is 0. The summed E-state index contributed by atoms with van der Waals surface area (Å²) in [6.07, 6.45) is 5.85. The molecule has 0 unspecified atom stereocenters. The van der Waals surface area contributed by atoms with Crippen LogP contribution in [0.15, 0.2) is 12.4 Å². The molecule has 1 aromatic rings. The molecule has 3 aliphatic rings. The molecule has 0 bridgehead atoms. The van der Waals surface area contributed by atoms with Gasteiger partial charge < -0.3 is 24.0 Å². The quantitative estimate of drug-likeness (QED) is 0.593. The van der Waals surface area contributed by atoms with E-state index >= 15 is 0 Å². The molecule has 3 fully saturated rings. The molecule has 0 saturated carbocycles. The molecular formula is C19H29N5O6S. The number of ether oxygens (including phenoxy) is 3. The molecule has 3 saturated heterocycles. The van der Waals surface area contributed by atoms with Crippen molar-refractivity contribution in [3.8, 4) is 5.88 Å². The Balaban J connectivity index is 1.18. The van der Waals surface area contributed by atoms with Crippen LogP contribution in [0, 0.1) is 5.92 Å². The fourth-order valence-corrected chi connectivity index (χ4v) is 4.61. The van der Waals surface area contributed by atoms with Crippen LogP contribution in [0.1, 0.15) is 12.8 Å². The van der Waals surface area contributed by atoms with E-state index in [4.69, 9.17) is 14.2 Å². The van der Waals surface area contributed by atoms with E-state index in [1.165, 1.54) is 10.6 Å². The van der Waals surface area contributed by atoms with E-state index < -0.39 is 10.0 Å². The van der Waals surface area contributed by atoms with E-state index in [0.717, 1.165) is 12.8 Å². The van der Waals surface area contributed by atoms with E-state index in [1.807, 2.05) is 4.90 Å². The molecule has 11 nitrogen and oxygen atoms in total. The van der Waals surface area contributed by atoms with Gasteiger partial charge in [-0.15, -0.1) is 0 Å². The summed E-state index contributed by atoms with van der Waals surface area (Å²) in [5.74, 6) is 1.52. The number of likely N-dealkylation sites (tertiary alicyclic amines) is 1. The second-order valence-corrected chi connectivity index (χ2v) is 10.1. The summed E-state index contributed by atoms with van der Waals surface area (Å²) in [5, 5.41) is 0. The summed E-state index contributed by atoms with van der Waals surface area (Å²) in [7, 11) is -3.15. The standard InChI is InChI=1S/C19H29N5O6S/c1-31(26,27)24-8-6-22(7-9-24)17-10-21-18(11-20-17)29-12-15-2-4-23(5-3-15)19(25)30-16-13-28-14-16/h10-11,15-16H,2-9,12-14H2,1H3. The topological polar surface area (TPSA) is 114 Å². The highest BCUT2D eigenvalue weighted by atomic mass is 32.2. The lowest BCUT2D eigenvalue weighted by Crippen LogP contribution is -2.48. The number of sulfonamides is 1. The van der Waals surface area contributed by atoms with E-state index in [2.05, 4.69) is 9.97 Å². The average molecular weight is 456 g/mol. The predicted octanol–water partition coefficient (Wildman–Crippen LogP) is 0.184. The monoisotopic (exact) mass is 455 g/mol. The zero-order valence-electron chi connectivity index (χ0n) is 17.7. The molecule has 12 heteroatoms. The molecule has 0 N–H and O–H groups in total. The van der Waals surface area contributed by atoms with E-state index in [-0.39, 0.29) is 12.2 Å². The Kier molecular flexibility index (Phi) is 6.77. The van der Waals surface area contributed by atoms with Crippen LogP contribution < -0.4 is 9.64 Å². The number of carbonyl (C=O) groups excluding carboxylic acids is 1. The van der Waals surface area contributed by atoms with Crippen molar-refractivity contribution in [1.82, 2.24) is 19.2 Å². The summed E-state index contributed by atoms with van der Waals surface area (Å²) in [6.45, 7) is 4.88. The van der Waals surface area contributed by atoms with Gasteiger partial charge in [0.1, 0.15) is 5.82 Å². The maximum absolute atomic E-state index is 12.1. The zero-order valence-corrected chi connectivity index (χ0v) is 18.5. The summed E-state index contributed by atoms with van der Waals surface area (Å²) >= 11 is 0. The zero-order chi connectivity index (χ0) is 21.8. The Morgan fingerprint density at radius 3 is 2.35 bits per heavy atom. The third kappa shape index (κ3) is 5.74. The van der Waals surface area contributed by atoms with Gasteiger partial charge in [0, 0.05) is 39.3 Å². The van der Waals surface area contributed by atoms with E-state index in [1.54, 1.807) is 17.3 Å². The number of amides is 1. The van der Waals surface area contributed by atoms with Crippen molar-refractivity contribution in [1.29, 1.82) is 0 Å². The lowest BCUT2D eigenvalue weighted by atomic mass is 9.98. The van der Waals surface area contributed by atoms with Gasteiger partial charge in [0.15, 0.2) is 6.10 Å². The maximum Gasteiger partial charge on any atom is 0.410 e. The first-order valence-corrected chi connectivity index (χ1v) is 12.4. The Morgan fingerprint density at radius 1 is 1.10 bits per heavy atom. The highest BCUT2D eigenvalue weighted by molar-refractivity contribution is 7.88. The van der Waals surface area contributed by atoms with Gasteiger partial charge in [-0.25, -0.2) is 23.2 Å². The third-order valence-electron chi connectivity index (χ3n) is 5.86. The van der Waals surface area contributed by atoms with Gasteiger partial charge in [0.25, 0.3) is 0 Å². The highest BCUT2D eigenvalue weighted by Gasteiger charge is 2.29. The Morgan fingerprint density at radius 2 is 1.81 bits per heavy atom. The second kappa shape index (κ2) is 9.53. The molecule has 0 radical (unpaired) electrons. The minimum Gasteiger partial charge on any atom is -0.476 e. The molecule has 0 aliphatic carbocycles. The first-order valence-electron chi connectivity index (χ1n) is 10.6. The highest BCUT2D eigenvalue weighted by Crippen LogP contribution is 2.21. The number of carbonyl (C=O) groups is 1. The number of aromatic nitrogens is 2. The molecular weight excluding hydrogens is 426 g/mol. The van der Waals surface area contributed by atoms with Crippen LogP contribution in [0.3, 0.4) is 0 Å². The fraction of sp³-hybridized carbons (Fsp3) is 0.737. The number of hydrogen-bond donors (Lipinski definition) is 0. The molecule has 1 aromatic heterocycles. The van der Waals surface area contributed by atoms with Crippen molar-refractivity contribution >= 4 is 21.9 Å². The average Bonchev–Trinajstić information content (AvgIpc) is 2.75. The molecule has 4 heterocycles. The van der Waals surface area contributed by atoms with Crippen LogP contribution >= 0.6 is 0 Å². The van der Waals surface area contributed by atoms with Gasteiger partial charge in [-0.2, -0.15) is 4.31 Å². The number of hydrogen-bond acceptors (Lipinski definition) is 9. The van der Waals surface area contributed by atoms with Crippen molar-refractivity contribution in [2.24, 2.45) is 5.92 Å². The number of anilines is 1. The Bertz CT molecular complexity index is 847. The largest absolute Gasteiger partial charge is 0.476 e. The van der Waals surface area contributed by atoms with Gasteiger partial charge in [0.05, 0.1) is 38.5 Å². The first kappa shape index (κ1) is 22.0. The number of piperazine rings is 1. The normalized spacial score (nSPS) is 21.6. The smallest absolute Gasteiger partial charge is 0.410 e. The molecule has 31 heavy (non-hydrogen) atoms. The number of rotatable bonds is 6. The minimum atomic E-state index is -3.15. The molecule has 172 valence electrons. The second-order valence-electron chi connectivity index (χ2n) is 8.15. The molecule has 3 aliphatic heterocycles. The summed E-state index contributed by atoms with van der Waals surface area (Å²) in [4.78, 5) is 24.6. The van der Waals surface area contributed by atoms with E-state index in [9.17, 15) is 13.2 Å². The van der Waals surface area contributed by atoms with Crippen LogP contribution in [0.5, 0.6) is 5.88 Å². The number of piperidine rings is 1. The minimum absolute atomic E-state index is 0.0985. The van der Waals surface area contributed by atoms with Crippen molar-refractivity contribution in [3.05, 3.63) is 12.4 Å². The van der Waals surface area contributed by atoms with Crippen LogP contribution in [0.25, 0.3) is 0 Å². The Hall–Kier alpha value is -2.18. The van der Waals surface area contributed by atoms with Crippen LogP contribution in [-0.2, 0) is 19.5 Å². The molecule has 0 aromatic carbocycles. The van der Waals surface area contributed by atoms with Crippen LogP contribution in [0.4, 0.5) is 10.6 Å². The van der Waals surface area contributed by atoms with Gasteiger partial charge in [0.2, 0.25) is 15.9 Å². The molecule has 0 atom stereocenters. The van der Waals surface area contributed by atoms with Gasteiger partial charge in [-0.05, 0) is 18.8 Å². The van der Waals surface area contributed by atoms with Crippen LogP contribution in [-0.4, -0.2) is 105 Å². The van der Waals surface area contributed by atoms with Gasteiger partial charge in [-0.1, -0.05) is 0 Å². The van der Waals surface area contributed by atoms with Gasteiger partial charge >= 0.3 is 6.09 Å². The Labute approximate surface area is 182 Å². The maximum atomic E-state index is 12.1. The number of nitrogens with zero attached hydrogens (tertiary/aromatic N) is 5. The lowest BCUT2D eigenvalue weighted by Gasteiger charge is -2.34. The van der Waals surface area contributed by atoms with E-state index in [0.29, 0.717) is 76.7 Å².